The van der Waals surface area contributed by atoms with E-state index in [4.69, 9.17) is 13.8 Å². The highest BCUT2D eigenvalue weighted by Crippen LogP contribution is 2.38. The number of H-pyrrole nitrogens is 1. The first-order valence-corrected chi connectivity index (χ1v) is 20.7. The molecule has 51 heavy (non-hydrogen) atoms. The fraction of sp³-hybridized carbons (Fsp3) is 0.385. The summed E-state index contributed by atoms with van der Waals surface area (Å²) in [4.78, 5) is 42.2. The monoisotopic (exact) mass is 705 g/mol. The molecule has 0 radical (unpaired) electrons. The third-order valence-electron chi connectivity index (χ3n) is 10.5. The number of aromatic nitrogens is 4. The molecule has 11 nitrogen and oxygen atoms in total. The van der Waals surface area contributed by atoms with Gasteiger partial charge in [-0.05, 0) is 73.3 Å². The number of benzene rings is 2. The number of rotatable bonds is 11. The second kappa shape index (κ2) is 14.0. The maximum atomic E-state index is 14.4. The third-order valence-corrected chi connectivity index (χ3v) is 15.0. The van der Waals surface area contributed by atoms with Crippen molar-refractivity contribution in [3.63, 3.8) is 0 Å². The minimum absolute atomic E-state index is 0.000421. The highest BCUT2D eigenvalue weighted by molar-refractivity contribution is 6.74. The van der Waals surface area contributed by atoms with Crippen LogP contribution in [0.1, 0.15) is 57.3 Å². The van der Waals surface area contributed by atoms with E-state index in [0.29, 0.717) is 19.0 Å². The number of amides is 1. The summed E-state index contributed by atoms with van der Waals surface area (Å²) in [6.07, 6.45) is 8.42. The molecule has 0 spiro atoms. The smallest absolute Gasteiger partial charge is 0.295 e. The van der Waals surface area contributed by atoms with Gasteiger partial charge in [-0.15, -0.1) is 0 Å². The number of fused-ring (bicyclic) bond motifs is 4. The Balaban J connectivity index is 1.20. The number of anilines is 2. The topological polar surface area (TPSA) is 130 Å². The van der Waals surface area contributed by atoms with Gasteiger partial charge in [0.05, 0.1) is 25.4 Å². The number of hydrogen-bond donors (Lipinski definition) is 3. The first kappa shape index (κ1) is 34.5. The van der Waals surface area contributed by atoms with E-state index in [2.05, 4.69) is 71.5 Å². The summed E-state index contributed by atoms with van der Waals surface area (Å²) in [5.74, 6) is 0.560. The summed E-state index contributed by atoms with van der Waals surface area (Å²) in [5.41, 5.74) is 4.03. The average molecular weight is 706 g/mol. The zero-order chi connectivity index (χ0) is 35.8. The van der Waals surface area contributed by atoms with Crippen molar-refractivity contribution in [2.75, 3.05) is 29.9 Å². The lowest BCUT2D eigenvalue weighted by atomic mass is 10.0. The molecule has 266 valence electrons. The number of pyridine rings is 1. The molecule has 2 aromatic carbocycles. The Bertz CT molecular complexity index is 2210. The lowest BCUT2D eigenvalue weighted by Crippen LogP contribution is -2.43. The molecule has 4 aromatic heterocycles. The second-order valence-electron chi connectivity index (χ2n) is 15.1. The predicted octanol–water partition coefficient (Wildman–Crippen LogP) is 7.50. The van der Waals surface area contributed by atoms with Crippen molar-refractivity contribution in [2.45, 2.75) is 77.3 Å². The molecule has 7 rings (SSSR count). The SMILES string of the molecule is CC(C)(C)[Si](C)(C)OC[C@@H](Nc1ncc(N2CCCCC2)n(CC(=O)NCc2cc3cnccc3[nH]2)c1=O)c1ccc2oc3ccccc3c2c1. The summed E-state index contributed by atoms with van der Waals surface area (Å²) in [7, 11) is -2.16. The molecule has 0 saturated carbocycles. The van der Waals surface area contributed by atoms with Gasteiger partial charge in [0.2, 0.25) is 5.91 Å². The number of nitrogens with one attached hydrogen (secondary N) is 3. The van der Waals surface area contributed by atoms with Gasteiger partial charge >= 0.3 is 0 Å². The molecular formula is C39H47N7O4Si. The van der Waals surface area contributed by atoms with Gasteiger partial charge in [0.25, 0.3) is 5.56 Å². The lowest BCUT2D eigenvalue weighted by Gasteiger charge is -2.37. The van der Waals surface area contributed by atoms with Gasteiger partial charge < -0.3 is 29.4 Å². The zero-order valence-electron chi connectivity index (χ0n) is 30.1. The molecular weight excluding hydrogens is 659 g/mol. The molecule has 0 bridgehead atoms. The van der Waals surface area contributed by atoms with Crippen LogP contribution in [0, 0.1) is 0 Å². The summed E-state index contributed by atoms with van der Waals surface area (Å²) < 4.78 is 14.4. The van der Waals surface area contributed by atoms with Gasteiger partial charge in [0.15, 0.2) is 14.1 Å². The predicted molar refractivity (Wildman–Crippen MR) is 206 cm³/mol. The van der Waals surface area contributed by atoms with Crippen molar-refractivity contribution >= 4 is 58.7 Å². The van der Waals surface area contributed by atoms with Crippen LogP contribution in [0.3, 0.4) is 0 Å². The molecule has 1 aliphatic rings. The molecule has 0 aliphatic carbocycles. The largest absolute Gasteiger partial charge is 0.456 e. The van der Waals surface area contributed by atoms with Crippen molar-refractivity contribution in [1.82, 2.24) is 24.8 Å². The van der Waals surface area contributed by atoms with Gasteiger partial charge in [-0.2, -0.15) is 0 Å². The van der Waals surface area contributed by atoms with Gasteiger partial charge in [0.1, 0.15) is 23.5 Å². The third kappa shape index (κ3) is 7.29. The Hall–Kier alpha value is -4.94. The number of furan rings is 1. The molecule has 5 heterocycles. The Morgan fingerprint density at radius 1 is 1.02 bits per heavy atom. The van der Waals surface area contributed by atoms with Crippen LogP contribution in [-0.2, 0) is 22.3 Å². The molecule has 1 amide bonds. The van der Waals surface area contributed by atoms with E-state index in [9.17, 15) is 9.59 Å². The molecule has 1 atom stereocenters. The number of para-hydroxylation sites is 1. The van der Waals surface area contributed by atoms with Gasteiger partial charge in [-0.25, -0.2) is 4.98 Å². The van der Waals surface area contributed by atoms with Gasteiger partial charge in [-0.1, -0.05) is 45.0 Å². The Morgan fingerprint density at radius 2 is 1.80 bits per heavy atom. The van der Waals surface area contributed by atoms with Crippen LogP contribution in [0.5, 0.6) is 0 Å². The van der Waals surface area contributed by atoms with E-state index >= 15 is 0 Å². The first-order valence-electron chi connectivity index (χ1n) is 17.8. The highest BCUT2D eigenvalue weighted by Gasteiger charge is 2.38. The van der Waals surface area contributed by atoms with Crippen LogP contribution in [-0.4, -0.2) is 53.4 Å². The molecule has 1 aliphatic heterocycles. The number of carbonyl (C=O) groups is 1. The van der Waals surface area contributed by atoms with Gasteiger partial charge in [0, 0.05) is 52.9 Å². The number of hydrogen-bond acceptors (Lipinski definition) is 8. The van der Waals surface area contributed by atoms with E-state index in [1.54, 1.807) is 23.2 Å². The van der Waals surface area contributed by atoms with Crippen molar-refractivity contribution in [3.8, 4) is 0 Å². The lowest BCUT2D eigenvalue weighted by molar-refractivity contribution is -0.121. The Kier molecular flexibility index (Phi) is 9.47. The summed E-state index contributed by atoms with van der Waals surface area (Å²) in [5, 5.41) is 9.47. The summed E-state index contributed by atoms with van der Waals surface area (Å²) in [6, 6.07) is 17.6. The van der Waals surface area contributed by atoms with Crippen molar-refractivity contribution in [1.29, 1.82) is 0 Å². The number of piperidine rings is 1. The maximum absolute atomic E-state index is 14.4. The Labute approximate surface area is 298 Å². The Morgan fingerprint density at radius 3 is 2.59 bits per heavy atom. The number of nitrogens with zero attached hydrogens (tertiary/aromatic N) is 4. The average Bonchev–Trinajstić information content (AvgIpc) is 3.71. The van der Waals surface area contributed by atoms with Crippen molar-refractivity contribution in [3.05, 3.63) is 94.8 Å². The van der Waals surface area contributed by atoms with Crippen LogP contribution in [0.15, 0.2) is 82.4 Å². The standard InChI is InChI=1S/C39H47N7O4Si/c1-39(2,3)51(4,5)49-25-32(26-13-14-34-30(20-26)29-11-7-8-12-33(29)50-34)44-37-38(48)46(36(23-42-37)45-17-9-6-10-18-45)24-35(47)41-22-28-19-27-21-40-16-15-31(27)43-28/h7-8,11-16,19-21,23,32,43H,6,9-10,17-18,22,24-25H2,1-5H3,(H,41,47)(H,42,44)/t32-/m1/s1. The van der Waals surface area contributed by atoms with Crippen LogP contribution in [0.25, 0.3) is 32.8 Å². The van der Waals surface area contributed by atoms with Crippen molar-refractivity contribution < 1.29 is 13.6 Å². The molecule has 3 N–H and O–H groups in total. The van der Waals surface area contributed by atoms with Gasteiger partial charge in [-0.3, -0.25) is 19.1 Å². The molecule has 1 fully saturated rings. The van der Waals surface area contributed by atoms with Crippen molar-refractivity contribution in [2.24, 2.45) is 0 Å². The van der Waals surface area contributed by atoms with Crippen LogP contribution < -0.4 is 21.1 Å². The molecule has 6 aromatic rings. The highest BCUT2D eigenvalue weighted by atomic mass is 28.4. The van der Waals surface area contributed by atoms with Crippen LogP contribution >= 0.6 is 0 Å². The second-order valence-corrected chi connectivity index (χ2v) is 19.9. The molecule has 1 saturated heterocycles. The summed E-state index contributed by atoms with van der Waals surface area (Å²) >= 11 is 0. The molecule has 12 heteroatoms. The normalized spacial score (nSPS) is 14.7. The zero-order valence-corrected chi connectivity index (χ0v) is 31.1. The minimum atomic E-state index is -2.16. The number of aromatic amines is 1. The fourth-order valence-corrected chi connectivity index (χ4v) is 7.50. The molecule has 0 unspecified atom stereocenters. The van der Waals surface area contributed by atoms with E-state index < -0.39 is 14.4 Å². The number of carbonyl (C=O) groups excluding carboxylic acids is 1. The summed E-state index contributed by atoms with van der Waals surface area (Å²) in [6.45, 7) is 13.2. The van der Waals surface area contributed by atoms with Crippen LogP contribution in [0.4, 0.5) is 11.6 Å². The minimum Gasteiger partial charge on any atom is -0.456 e. The van der Waals surface area contributed by atoms with E-state index in [1.807, 2.05) is 42.5 Å². The van der Waals surface area contributed by atoms with E-state index in [-0.39, 0.29) is 28.9 Å². The maximum Gasteiger partial charge on any atom is 0.295 e. The van der Waals surface area contributed by atoms with E-state index in [0.717, 1.165) is 76.5 Å². The quantitative estimate of drug-likeness (QED) is 0.118. The first-order chi connectivity index (χ1) is 24.5. The van der Waals surface area contributed by atoms with E-state index in [1.165, 1.54) is 0 Å². The van der Waals surface area contributed by atoms with Crippen LogP contribution in [0.2, 0.25) is 18.1 Å². The fourth-order valence-electron chi connectivity index (χ4n) is 6.48.